The molecule has 0 saturated carbocycles. The van der Waals surface area contributed by atoms with Crippen molar-refractivity contribution < 1.29 is 9.53 Å². The Hall–Kier alpha value is -3.56. The topological polar surface area (TPSA) is 85.2 Å². The zero-order valence-corrected chi connectivity index (χ0v) is 18.8. The minimum absolute atomic E-state index is 0.0240. The smallest absolute Gasteiger partial charge is 0.238 e. The lowest BCUT2D eigenvalue weighted by atomic mass is 10.1. The number of nitrogens with zero attached hydrogens (tertiary/aromatic N) is 5. The van der Waals surface area contributed by atoms with Gasteiger partial charge in [-0.3, -0.25) is 9.69 Å². The number of anilines is 1. The Kier molecular flexibility index (Phi) is 6.41. The van der Waals surface area contributed by atoms with Crippen molar-refractivity contribution in [2.45, 2.75) is 18.9 Å². The molecule has 1 amide bonds. The van der Waals surface area contributed by atoms with Crippen LogP contribution in [0.1, 0.15) is 18.9 Å². The molecular formula is C24H24N6O2S. The van der Waals surface area contributed by atoms with Gasteiger partial charge in [-0.2, -0.15) is 4.80 Å². The van der Waals surface area contributed by atoms with Crippen molar-refractivity contribution in [3.63, 3.8) is 0 Å². The molecule has 0 aliphatic carbocycles. The average Bonchev–Trinajstić information content (AvgIpc) is 3.54. The maximum Gasteiger partial charge on any atom is 0.238 e. The molecule has 3 heterocycles. The zero-order chi connectivity index (χ0) is 22.5. The second-order valence-corrected chi connectivity index (χ2v) is 8.85. The molecule has 1 aliphatic rings. The van der Waals surface area contributed by atoms with Gasteiger partial charge in [-0.25, -0.2) is 0 Å². The van der Waals surface area contributed by atoms with E-state index in [1.165, 1.54) is 0 Å². The van der Waals surface area contributed by atoms with Gasteiger partial charge in [0.15, 0.2) is 0 Å². The maximum absolute atomic E-state index is 12.5. The molecule has 0 atom stereocenters. The van der Waals surface area contributed by atoms with Gasteiger partial charge in [-0.15, -0.1) is 21.5 Å². The van der Waals surface area contributed by atoms with E-state index in [1.54, 1.807) is 16.1 Å². The number of carbonyl (C=O) groups is 1. The number of hydrogen-bond acceptors (Lipinski definition) is 7. The molecule has 168 valence electrons. The van der Waals surface area contributed by atoms with E-state index in [-0.39, 0.29) is 11.9 Å². The standard InChI is InChI=1S/C24H24N6O2S/c31-23(25-18-8-10-21(11-9-18)32-20-5-2-1-3-6-20)17-29-14-12-19(13-15-29)30-27-24(26-28-30)22-7-4-16-33-22/h1-11,16,19H,12-15,17H2,(H,25,31). The third kappa shape index (κ3) is 5.44. The lowest BCUT2D eigenvalue weighted by molar-refractivity contribution is -0.117. The van der Waals surface area contributed by atoms with Gasteiger partial charge in [0.25, 0.3) is 0 Å². The molecule has 2 aromatic carbocycles. The summed E-state index contributed by atoms with van der Waals surface area (Å²) >= 11 is 1.61. The van der Waals surface area contributed by atoms with Crippen LogP contribution in [-0.4, -0.2) is 50.6 Å². The largest absolute Gasteiger partial charge is 0.457 e. The number of hydrogen-bond donors (Lipinski definition) is 1. The van der Waals surface area contributed by atoms with E-state index in [4.69, 9.17) is 4.74 Å². The SMILES string of the molecule is O=C(CN1CCC(n2nnc(-c3cccs3)n2)CC1)Nc1ccc(Oc2ccccc2)cc1. The first-order chi connectivity index (χ1) is 16.2. The molecule has 0 spiro atoms. The molecule has 1 N–H and O–H groups in total. The Labute approximate surface area is 195 Å². The van der Waals surface area contributed by atoms with Gasteiger partial charge in [0.05, 0.1) is 17.5 Å². The molecule has 1 aliphatic heterocycles. The summed E-state index contributed by atoms with van der Waals surface area (Å²) in [6, 6.07) is 21.2. The Morgan fingerprint density at radius 1 is 1.00 bits per heavy atom. The minimum Gasteiger partial charge on any atom is -0.457 e. The van der Waals surface area contributed by atoms with Crippen LogP contribution in [-0.2, 0) is 4.79 Å². The van der Waals surface area contributed by atoms with E-state index in [1.807, 2.05) is 72.1 Å². The molecule has 2 aromatic heterocycles. The summed E-state index contributed by atoms with van der Waals surface area (Å²) in [5.74, 6) is 2.16. The highest BCUT2D eigenvalue weighted by molar-refractivity contribution is 7.13. The van der Waals surface area contributed by atoms with Crippen LogP contribution in [0.5, 0.6) is 11.5 Å². The fraction of sp³-hybridized carbons (Fsp3) is 0.250. The second-order valence-electron chi connectivity index (χ2n) is 7.91. The summed E-state index contributed by atoms with van der Waals surface area (Å²) in [6.07, 6.45) is 1.78. The van der Waals surface area contributed by atoms with E-state index >= 15 is 0 Å². The summed E-state index contributed by atoms with van der Waals surface area (Å²) in [4.78, 5) is 17.4. The van der Waals surface area contributed by atoms with Crippen LogP contribution in [0.4, 0.5) is 5.69 Å². The zero-order valence-electron chi connectivity index (χ0n) is 18.0. The number of amides is 1. The van der Waals surface area contributed by atoms with Gasteiger partial charge in [-0.1, -0.05) is 24.3 Å². The number of rotatable bonds is 7. The molecule has 1 saturated heterocycles. The van der Waals surface area contributed by atoms with Crippen LogP contribution in [0, 0.1) is 0 Å². The lowest BCUT2D eigenvalue weighted by Crippen LogP contribution is -2.40. The number of likely N-dealkylation sites (tertiary alicyclic amines) is 1. The van der Waals surface area contributed by atoms with E-state index in [2.05, 4.69) is 25.6 Å². The minimum atomic E-state index is -0.0240. The molecule has 9 heteroatoms. The molecule has 0 bridgehead atoms. The highest BCUT2D eigenvalue weighted by Crippen LogP contribution is 2.25. The van der Waals surface area contributed by atoms with Crippen LogP contribution in [0.25, 0.3) is 10.7 Å². The molecular weight excluding hydrogens is 436 g/mol. The van der Waals surface area contributed by atoms with E-state index in [0.717, 1.165) is 48.0 Å². The van der Waals surface area contributed by atoms with Gasteiger partial charge in [0, 0.05) is 18.8 Å². The summed E-state index contributed by atoms with van der Waals surface area (Å²) in [7, 11) is 0. The van der Waals surface area contributed by atoms with Gasteiger partial charge in [0.2, 0.25) is 11.7 Å². The molecule has 1 fully saturated rings. The first kappa shape index (κ1) is 21.3. The number of aromatic nitrogens is 4. The molecule has 0 unspecified atom stereocenters. The highest BCUT2D eigenvalue weighted by atomic mass is 32.1. The van der Waals surface area contributed by atoms with Gasteiger partial charge in [0.1, 0.15) is 11.5 Å². The monoisotopic (exact) mass is 460 g/mol. The van der Waals surface area contributed by atoms with Crippen molar-refractivity contribution in [2.75, 3.05) is 25.0 Å². The van der Waals surface area contributed by atoms with E-state index in [9.17, 15) is 4.79 Å². The summed E-state index contributed by atoms with van der Waals surface area (Å²) in [5, 5.41) is 18.0. The number of nitrogens with one attached hydrogen (secondary N) is 1. The normalized spacial score (nSPS) is 14.8. The number of carbonyl (C=O) groups excluding carboxylic acids is 1. The number of para-hydroxylation sites is 1. The summed E-state index contributed by atoms with van der Waals surface area (Å²) < 4.78 is 5.79. The third-order valence-corrected chi connectivity index (χ3v) is 6.40. The Morgan fingerprint density at radius 2 is 1.76 bits per heavy atom. The maximum atomic E-state index is 12.5. The van der Waals surface area contributed by atoms with Crippen LogP contribution in [0.2, 0.25) is 0 Å². The van der Waals surface area contributed by atoms with Crippen molar-refractivity contribution in [1.82, 2.24) is 25.1 Å². The van der Waals surface area contributed by atoms with Crippen LogP contribution >= 0.6 is 11.3 Å². The Morgan fingerprint density at radius 3 is 2.48 bits per heavy atom. The number of ether oxygens (including phenoxy) is 1. The van der Waals surface area contributed by atoms with Gasteiger partial charge >= 0.3 is 0 Å². The fourth-order valence-electron chi connectivity index (χ4n) is 3.83. The number of tetrazole rings is 1. The quantitative estimate of drug-likeness (QED) is 0.438. The molecule has 0 radical (unpaired) electrons. The van der Waals surface area contributed by atoms with Crippen molar-refractivity contribution in [3.8, 4) is 22.2 Å². The summed E-state index contributed by atoms with van der Waals surface area (Å²) in [5.41, 5.74) is 0.753. The van der Waals surface area contributed by atoms with Crippen molar-refractivity contribution in [3.05, 3.63) is 72.1 Å². The lowest BCUT2D eigenvalue weighted by Gasteiger charge is -2.30. The molecule has 4 aromatic rings. The number of thiophene rings is 1. The first-order valence-electron chi connectivity index (χ1n) is 10.9. The predicted molar refractivity (Wildman–Crippen MR) is 127 cm³/mol. The van der Waals surface area contributed by atoms with Crippen molar-refractivity contribution in [1.29, 1.82) is 0 Å². The van der Waals surface area contributed by atoms with Crippen LogP contribution in [0.15, 0.2) is 72.1 Å². The second kappa shape index (κ2) is 9.93. The van der Waals surface area contributed by atoms with E-state index in [0.29, 0.717) is 12.4 Å². The Balaban J connectivity index is 1.08. The highest BCUT2D eigenvalue weighted by Gasteiger charge is 2.24. The van der Waals surface area contributed by atoms with Crippen LogP contribution in [0.3, 0.4) is 0 Å². The number of benzene rings is 2. The van der Waals surface area contributed by atoms with Crippen molar-refractivity contribution >= 4 is 22.9 Å². The van der Waals surface area contributed by atoms with Gasteiger partial charge in [-0.05, 0) is 65.9 Å². The van der Waals surface area contributed by atoms with Crippen molar-refractivity contribution in [2.24, 2.45) is 0 Å². The first-order valence-corrected chi connectivity index (χ1v) is 11.8. The molecule has 8 nitrogen and oxygen atoms in total. The molecule has 5 rings (SSSR count). The molecule has 33 heavy (non-hydrogen) atoms. The average molecular weight is 461 g/mol. The fourth-order valence-corrected chi connectivity index (χ4v) is 4.48. The Bertz CT molecular complexity index is 1170. The third-order valence-electron chi connectivity index (χ3n) is 5.54. The summed E-state index contributed by atoms with van der Waals surface area (Å²) in [6.45, 7) is 2.00. The predicted octanol–water partition coefficient (Wildman–Crippen LogP) is 4.47. The van der Waals surface area contributed by atoms with Gasteiger partial charge < -0.3 is 10.1 Å². The number of piperidine rings is 1. The van der Waals surface area contributed by atoms with E-state index < -0.39 is 0 Å². The van der Waals surface area contributed by atoms with Crippen LogP contribution < -0.4 is 10.1 Å².